The third kappa shape index (κ3) is 2.47. The largest absolute Gasteiger partial charge is 0.494 e. The lowest BCUT2D eigenvalue weighted by molar-refractivity contribution is 0.0551. The summed E-state index contributed by atoms with van der Waals surface area (Å²) >= 11 is 0. The van der Waals surface area contributed by atoms with Crippen molar-refractivity contribution in [3.63, 3.8) is 0 Å². The molecule has 114 valence electrons. The average Bonchev–Trinajstić information content (AvgIpc) is 2.53. The highest BCUT2D eigenvalue weighted by Crippen LogP contribution is 2.41. The molecule has 1 N–H and O–H groups in total. The summed E-state index contributed by atoms with van der Waals surface area (Å²) in [5, 5.41) is 3.77. The van der Waals surface area contributed by atoms with E-state index in [0.717, 1.165) is 24.3 Å². The lowest BCUT2D eigenvalue weighted by atomic mass is 9.77. The normalized spacial score (nSPS) is 32.0. The van der Waals surface area contributed by atoms with Gasteiger partial charge in [0.2, 0.25) is 0 Å². The van der Waals surface area contributed by atoms with Crippen molar-refractivity contribution in [3.05, 3.63) is 29.3 Å². The SMILES string of the molecule is CCOc1ccc2c(c1)CCN1C[C@H]3CCCN[C@H]3C[C@@H]21. The minimum Gasteiger partial charge on any atom is -0.494 e. The Morgan fingerprint density at radius 2 is 2.33 bits per heavy atom. The molecular weight excluding hydrogens is 260 g/mol. The van der Waals surface area contributed by atoms with Crippen molar-refractivity contribution in [2.45, 2.75) is 44.7 Å². The molecule has 1 aromatic carbocycles. The highest BCUT2D eigenvalue weighted by atomic mass is 16.5. The molecule has 2 fully saturated rings. The fourth-order valence-corrected chi connectivity index (χ4v) is 4.55. The first kappa shape index (κ1) is 13.6. The lowest BCUT2D eigenvalue weighted by Crippen LogP contribution is -2.54. The van der Waals surface area contributed by atoms with Gasteiger partial charge in [0, 0.05) is 25.2 Å². The number of hydrogen-bond donors (Lipinski definition) is 1. The number of nitrogens with one attached hydrogen (secondary N) is 1. The lowest BCUT2D eigenvalue weighted by Gasteiger charge is -2.49. The first-order valence-electron chi connectivity index (χ1n) is 8.58. The molecule has 0 radical (unpaired) electrons. The molecule has 4 rings (SSSR count). The summed E-state index contributed by atoms with van der Waals surface area (Å²) in [6.07, 6.45) is 5.23. The molecule has 3 heteroatoms. The highest BCUT2D eigenvalue weighted by molar-refractivity contribution is 5.39. The number of benzene rings is 1. The van der Waals surface area contributed by atoms with Gasteiger partial charge in [-0.2, -0.15) is 0 Å². The Morgan fingerprint density at radius 3 is 3.24 bits per heavy atom. The summed E-state index contributed by atoms with van der Waals surface area (Å²) in [7, 11) is 0. The summed E-state index contributed by atoms with van der Waals surface area (Å²) in [6.45, 7) is 6.52. The second kappa shape index (κ2) is 5.62. The Balaban J connectivity index is 1.59. The van der Waals surface area contributed by atoms with Crippen LogP contribution in [0.3, 0.4) is 0 Å². The van der Waals surface area contributed by atoms with E-state index in [0.29, 0.717) is 6.04 Å². The van der Waals surface area contributed by atoms with Gasteiger partial charge in [-0.3, -0.25) is 4.90 Å². The van der Waals surface area contributed by atoms with Gasteiger partial charge in [0.05, 0.1) is 6.61 Å². The first-order valence-corrected chi connectivity index (χ1v) is 8.58. The molecule has 0 spiro atoms. The van der Waals surface area contributed by atoms with Gasteiger partial charge in [0.1, 0.15) is 5.75 Å². The van der Waals surface area contributed by atoms with E-state index in [1.165, 1.54) is 50.9 Å². The van der Waals surface area contributed by atoms with Gasteiger partial charge in [0.25, 0.3) is 0 Å². The van der Waals surface area contributed by atoms with Crippen LogP contribution < -0.4 is 10.1 Å². The van der Waals surface area contributed by atoms with Crippen LogP contribution in [0.15, 0.2) is 18.2 Å². The topological polar surface area (TPSA) is 24.5 Å². The molecule has 3 atom stereocenters. The van der Waals surface area contributed by atoms with Crippen LogP contribution in [0.4, 0.5) is 0 Å². The summed E-state index contributed by atoms with van der Waals surface area (Å²) in [4.78, 5) is 2.73. The Kier molecular flexibility index (Phi) is 3.64. The molecule has 0 unspecified atom stereocenters. The minimum atomic E-state index is 0.622. The maximum atomic E-state index is 5.67. The van der Waals surface area contributed by atoms with Crippen molar-refractivity contribution in [3.8, 4) is 5.75 Å². The zero-order valence-corrected chi connectivity index (χ0v) is 13.0. The van der Waals surface area contributed by atoms with Crippen LogP contribution in [-0.4, -0.2) is 37.2 Å². The van der Waals surface area contributed by atoms with Crippen molar-refractivity contribution in [1.82, 2.24) is 10.2 Å². The zero-order chi connectivity index (χ0) is 14.2. The molecule has 3 heterocycles. The zero-order valence-electron chi connectivity index (χ0n) is 13.0. The number of rotatable bonds is 2. The van der Waals surface area contributed by atoms with Crippen LogP contribution in [0, 0.1) is 5.92 Å². The summed E-state index contributed by atoms with van der Waals surface area (Å²) < 4.78 is 5.67. The fraction of sp³-hybridized carbons (Fsp3) is 0.667. The Labute approximate surface area is 127 Å². The van der Waals surface area contributed by atoms with Crippen LogP contribution in [0.25, 0.3) is 0 Å². The average molecular weight is 286 g/mol. The van der Waals surface area contributed by atoms with Crippen molar-refractivity contribution in [2.24, 2.45) is 5.92 Å². The van der Waals surface area contributed by atoms with E-state index in [1.54, 1.807) is 5.56 Å². The van der Waals surface area contributed by atoms with Crippen LogP contribution in [0.5, 0.6) is 5.75 Å². The molecule has 0 saturated carbocycles. The molecule has 0 aliphatic carbocycles. The van der Waals surface area contributed by atoms with Crippen molar-refractivity contribution in [1.29, 1.82) is 0 Å². The van der Waals surface area contributed by atoms with Gasteiger partial charge < -0.3 is 10.1 Å². The van der Waals surface area contributed by atoms with E-state index in [4.69, 9.17) is 4.74 Å². The molecule has 0 bridgehead atoms. The monoisotopic (exact) mass is 286 g/mol. The Hall–Kier alpha value is -1.06. The molecular formula is C18H26N2O. The molecule has 3 aliphatic rings. The second-order valence-electron chi connectivity index (χ2n) is 6.75. The number of piperidine rings is 2. The highest BCUT2D eigenvalue weighted by Gasteiger charge is 2.39. The van der Waals surface area contributed by atoms with Crippen LogP contribution in [0.1, 0.15) is 43.4 Å². The Morgan fingerprint density at radius 1 is 1.38 bits per heavy atom. The standard InChI is InChI=1S/C18H26N2O/c1-2-21-15-5-6-16-13(10-15)7-9-20-12-14-4-3-8-19-17(14)11-18(16)20/h5-6,10,14,17-19H,2-4,7-9,11-12H2,1H3/t14-,17+,18+/m1/s1. The smallest absolute Gasteiger partial charge is 0.119 e. The Bertz CT molecular complexity index is 516. The quantitative estimate of drug-likeness (QED) is 0.905. The van der Waals surface area contributed by atoms with Crippen LogP contribution >= 0.6 is 0 Å². The van der Waals surface area contributed by atoms with E-state index < -0.39 is 0 Å². The molecule has 3 nitrogen and oxygen atoms in total. The van der Waals surface area contributed by atoms with E-state index >= 15 is 0 Å². The van der Waals surface area contributed by atoms with E-state index in [1.807, 2.05) is 0 Å². The number of ether oxygens (including phenoxy) is 1. The fourth-order valence-electron chi connectivity index (χ4n) is 4.55. The van der Waals surface area contributed by atoms with E-state index in [-0.39, 0.29) is 0 Å². The number of hydrogen-bond acceptors (Lipinski definition) is 3. The van der Waals surface area contributed by atoms with Gasteiger partial charge in [-0.05, 0) is 68.3 Å². The maximum absolute atomic E-state index is 5.67. The molecule has 2 saturated heterocycles. The molecule has 0 aromatic heterocycles. The summed E-state index contributed by atoms with van der Waals surface area (Å²) in [6, 6.07) is 8.11. The number of fused-ring (bicyclic) bond motifs is 4. The van der Waals surface area contributed by atoms with Crippen molar-refractivity contribution in [2.75, 3.05) is 26.2 Å². The molecule has 0 amide bonds. The predicted molar refractivity (Wildman–Crippen MR) is 84.8 cm³/mol. The third-order valence-corrected chi connectivity index (χ3v) is 5.57. The van der Waals surface area contributed by atoms with Gasteiger partial charge >= 0.3 is 0 Å². The van der Waals surface area contributed by atoms with Gasteiger partial charge in [0.15, 0.2) is 0 Å². The van der Waals surface area contributed by atoms with Gasteiger partial charge in [-0.25, -0.2) is 0 Å². The molecule has 3 aliphatic heterocycles. The summed E-state index contributed by atoms with van der Waals surface area (Å²) in [5.41, 5.74) is 3.06. The first-order chi connectivity index (χ1) is 10.3. The van der Waals surface area contributed by atoms with E-state index in [9.17, 15) is 0 Å². The van der Waals surface area contributed by atoms with E-state index in [2.05, 4.69) is 35.3 Å². The van der Waals surface area contributed by atoms with Crippen molar-refractivity contribution < 1.29 is 4.74 Å². The maximum Gasteiger partial charge on any atom is 0.119 e. The summed E-state index contributed by atoms with van der Waals surface area (Å²) in [5.74, 6) is 1.91. The van der Waals surface area contributed by atoms with Crippen LogP contribution in [-0.2, 0) is 6.42 Å². The minimum absolute atomic E-state index is 0.622. The molecule has 1 aromatic rings. The van der Waals surface area contributed by atoms with Gasteiger partial charge in [-0.15, -0.1) is 0 Å². The second-order valence-corrected chi connectivity index (χ2v) is 6.75. The predicted octanol–water partition coefficient (Wildman–Crippen LogP) is 2.76. The van der Waals surface area contributed by atoms with Gasteiger partial charge in [-0.1, -0.05) is 6.07 Å². The molecule has 21 heavy (non-hydrogen) atoms. The van der Waals surface area contributed by atoms with Crippen molar-refractivity contribution >= 4 is 0 Å². The van der Waals surface area contributed by atoms with Crippen LogP contribution in [0.2, 0.25) is 0 Å². The third-order valence-electron chi connectivity index (χ3n) is 5.57. The number of nitrogens with zero attached hydrogens (tertiary/aromatic N) is 1.